The molecule has 1 aromatic heterocycles. The van der Waals surface area contributed by atoms with Crippen molar-refractivity contribution < 1.29 is 13.6 Å². The first-order valence-electron chi connectivity index (χ1n) is 6.46. The zero-order valence-electron chi connectivity index (χ0n) is 11.5. The zero-order chi connectivity index (χ0) is 13.9. The summed E-state index contributed by atoms with van der Waals surface area (Å²) in [5, 5.41) is 3.23. The van der Waals surface area contributed by atoms with Crippen molar-refractivity contribution in [2.75, 3.05) is 13.2 Å². The number of hydrogen-bond donors (Lipinski definition) is 0. The zero-order valence-corrected chi connectivity index (χ0v) is 13.2. The van der Waals surface area contributed by atoms with Crippen LogP contribution in [-0.4, -0.2) is 13.2 Å². The van der Waals surface area contributed by atoms with Gasteiger partial charge in [-0.3, -0.25) is 4.57 Å². The van der Waals surface area contributed by atoms with E-state index in [9.17, 15) is 4.57 Å². The molecule has 1 unspecified atom stereocenters. The fourth-order valence-corrected chi connectivity index (χ4v) is 4.59. The minimum Gasteiger partial charge on any atom is -0.308 e. The van der Waals surface area contributed by atoms with Crippen molar-refractivity contribution in [3.8, 4) is 0 Å². The van der Waals surface area contributed by atoms with E-state index in [0.717, 1.165) is 5.56 Å². The monoisotopic (exact) mass is 298 g/mol. The Balaban J connectivity index is 2.34. The molecular weight excluding hydrogens is 279 g/mol. The van der Waals surface area contributed by atoms with Crippen molar-refractivity contribution in [2.45, 2.75) is 26.4 Å². The lowest BCUT2D eigenvalue weighted by Crippen LogP contribution is -2.03. The highest BCUT2D eigenvalue weighted by atomic mass is 32.1. The van der Waals surface area contributed by atoms with Crippen LogP contribution in [0.1, 0.15) is 32.0 Å². The molecule has 0 N–H and O–H groups in total. The van der Waals surface area contributed by atoms with Crippen LogP contribution in [0.4, 0.5) is 0 Å². The van der Waals surface area contributed by atoms with E-state index >= 15 is 0 Å². The summed E-state index contributed by atoms with van der Waals surface area (Å²) in [5.74, 6) is 0. The number of hydrogen-bond acceptors (Lipinski definition) is 4. The van der Waals surface area contributed by atoms with Gasteiger partial charge in [-0.1, -0.05) is 6.07 Å². The van der Waals surface area contributed by atoms with Crippen molar-refractivity contribution in [1.82, 2.24) is 0 Å². The summed E-state index contributed by atoms with van der Waals surface area (Å²) in [4.78, 5) is 0. The Hall–Kier alpha value is -0.670. The number of benzene rings is 1. The molecule has 0 aliphatic rings. The molecule has 1 heterocycles. The molecule has 2 aromatic rings. The molecule has 0 spiro atoms. The maximum Gasteiger partial charge on any atom is 0.337 e. The molecule has 0 fully saturated rings. The van der Waals surface area contributed by atoms with Gasteiger partial charge in [-0.2, -0.15) is 0 Å². The third-order valence-electron chi connectivity index (χ3n) is 3.05. The van der Waals surface area contributed by atoms with E-state index in [2.05, 4.69) is 23.6 Å². The van der Waals surface area contributed by atoms with E-state index in [0.29, 0.717) is 13.2 Å². The van der Waals surface area contributed by atoms with Gasteiger partial charge in [0.25, 0.3) is 0 Å². The highest BCUT2D eigenvalue weighted by Gasteiger charge is 2.33. The van der Waals surface area contributed by atoms with Gasteiger partial charge in [-0.15, -0.1) is 11.3 Å². The fraction of sp³-hybridized carbons (Fsp3) is 0.429. The maximum atomic E-state index is 12.7. The standard InChI is InChI=1S/C14H19O3PS/c1-4-16-18(15,17-5-2)11(3)12-6-7-14-13(10-12)8-9-19-14/h6-11H,4-5H2,1-3H3. The van der Waals surface area contributed by atoms with Crippen molar-refractivity contribution in [1.29, 1.82) is 0 Å². The van der Waals surface area contributed by atoms with E-state index in [1.54, 1.807) is 11.3 Å². The van der Waals surface area contributed by atoms with Crippen molar-refractivity contribution in [3.63, 3.8) is 0 Å². The molecule has 1 aromatic carbocycles. The van der Waals surface area contributed by atoms with E-state index < -0.39 is 7.60 Å². The molecule has 0 bridgehead atoms. The van der Waals surface area contributed by atoms with Crippen LogP contribution in [0, 0.1) is 0 Å². The van der Waals surface area contributed by atoms with Crippen molar-refractivity contribution >= 4 is 29.0 Å². The van der Waals surface area contributed by atoms with Crippen LogP contribution >= 0.6 is 18.9 Å². The largest absolute Gasteiger partial charge is 0.337 e. The van der Waals surface area contributed by atoms with Crippen molar-refractivity contribution in [3.05, 3.63) is 35.2 Å². The Kier molecular flexibility index (Phi) is 4.80. The molecule has 104 valence electrons. The Morgan fingerprint density at radius 2 is 1.89 bits per heavy atom. The lowest BCUT2D eigenvalue weighted by molar-refractivity contribution is 0.213. The highest BCUT2D eigenvalue weighted by Crippen LogP contribution is 2.60. The lowest BCUT2D eigenvalue weighted by Gasteiger charge is -2.23. The SMILES string of the molecule is CCOP(=O)(OCC)C(C)c1ccc2sccc2c1. The van der Waals surface area contributed by atoms with Crippen LogP contribution in [-0.2, 0) is 13.6 Å². The first-order chi connectivity index (χ1) is 9.10. The molecule has 2 rings (SSSR count). The van der Waals surface area contributed by atoms with Crippen LogP contribution in [0.2, 0.25) is 0 Å². The number of fused-ring (bicyclic) bond motifs is 1. The fourth-order valence-electron chi connectivity index (χ4n) is 2.05. The Morgan fingerprint density at radius 3 is 2.53 bits per heavy atom. The number of rotatable bonds is 6. The lowest BCUT2D eigenvalue weighted by atomic mass is 10.1. The minimum atomic E-state index is -3.09. The predicted molar refractivity (Wildman–Crippen MR) is 81.1 cm³/mol. The second-order valence-electron chi connectivity index (χ2n) is 4.27. The van der Waals surface area contributed by atoms with Gasteiger partial charge >= 0.3 is 7.60 Å². The van der Waals surface area contributed by atoms with Gasteiger partial charge in [-0.25, -0.2) is 0 Å². The highest BCUT2D eigenvalue weighted by molar-refractivity contribution is 7.54. The average Bonchev–Trinajstić information content (AvgIpc) is 2.85. The average molecular weight is 298 g/mol. The predicted octanol–water partition coefficient (Wildman–Crippen LogP) is 5.23. The second-order valence-corrected chi connectivity index (χ2v) is 7.59. The molecule has 0 amide bonds. The first-order valence-corrected chi connectivity index (χ1v) is 8.95. The topological polar surface area (TPSA) is 35.5 Å². The van der Waals surface area contributed by atoms with Gasteiger partial charge < -0.3 is 9.05 Å². The smallest absolute Gasteiger partial charge is 0.308 e. The molecule has 0 radical (unpaired) electrons. The summed E-state index contributed by atoms with van der Waals surface area (Å²) in [7, 11) is -3.09. The third kappa shape index (κ3) is 3.09. The molecule has 0 aliphatic heterocycles. The number of thiophene rings is 1. The summed E-state index contributed by atoms with van der Waals surface area (Å²) in [6, 6.07) is 8.21. The molecule has 0 saturated carbocycles. The third-order valence-corrected chi connectivity index (χ3v) is 6.43. The Labute approximate surface area is 118 Å². The van der Waals surface area contributed by atoms with Gasteiger partial charge in [-0.05, 0) is 55.3 Å². The summed E-state index contributed by atoms with van der Waals surface area (Å²) in [5.41, 5.74) is 0.743. The first kappa shape index (κ1) is 14.7. The van der Waals surface area contributed by atoms with Crippen molar-refractivity contribution in [2.24, 2.45) is 0 Å². The molecule has 19 heavy (non-hydrogen) atoms. The summed E-state index contributed by atoms with van der Waals surface area (Å²) in [6.45, 7) is 6.35. The second kappa shape index (κ2) is 6.19. The van der Waals surface area contributed by atoms with Gasteiger partial charge in [0.2, 0.25) is 0 Å². The molecule has 5 heteroatoms. The van der Waals surface area contributed by atoms with E-state index in [-0.39, 0.29) is 5.66 Å². The Bertz CT molecular complexity index is 583. The molecule has 0 aliphatic carbocycles. The van der Waals surface area contributed by atoms with Gasteiger partial charge in [0.1, 0.15) is 0 Å². The van der Waals surface area contributed by atoms with Crippen LogP contribution in [0.15, 0.2) is 29.6 Å². The van der Waals surface area contributed by atoms with E-state index in [4.69, 9.17) is 9.05 Å². The van der Waals surface area contributed by atoms with E-state index in [1.165, 1.54) is 10.1 Å². The van der Waals surface area contributed by atoms with Crippen LogP contribution < -0.4 is 0 Å². The molecular formula is C14H19O3PS. The summed E-state index contributed by atoms with van der Waals surface area (Å²) in [6.07, 6.45) is 0. The summed E-state index contributed by atoms with van der Waals surface area (Å²) < 4.78 is 24.8. The van der Waals surface area contributed by atoms with Crippen LogP contribution in [0.25, 0.3) is 10.1 Å². The quantitative estimate of drug-likeness (QED) is 0.685. The van der Waals surface area contributed by atoms with Gasteiger partial charge in [0, 0.05) is 4.70 Å². The maximum absolute atomic E-state index is 12.7. The Morgan fingerprint density at radius 1 is 1.21 bits per heavy atom. The van der Waals surface area contributed by atoms with Gasteiger partial charge in [0.15, 0.2) is 0 Å². The summed E-state index contributed by atoms with van der Waals surface area (Å²) >= 11 is 1.70. The van der Waals surface area contributed by atoms with Crippen LogP contribution in [0.3, 0.4) is 0 Å². The molecule has 0 saturated heterocycles. The minimum absolute atomic E-state index is 0.253. The van der Waals surface area contributed by atoms with Crippen LogP contribution in [0.5, 0.6) is 0 Å². The normalized spacial score (nSPS) is 13.8. The van der Waals surface area contributed by atoms with E-state index in [1.807, 2.05) is 26.8 Å². The molecule has 3 nitrogen and oxygen atoms in total. The van der Waals surface area contributed by atoms with Gasteiger partial charge in [0.05, 0.1) is 18.9 Å². The molecule has 1 atom stereocenters.